The molecule has 0 radical (unpaired) electrons. The third-order valence-electron chi connectivity index (χ3n) is 4.89. The van der Waals surface area contributed by atoms with Gasteiger partial charge < -0.3 is 18.6 Å². The molecule has 0 bridgehead atoms. The zero-order chi connectivity index (χ0) is 24.2. The molecule has 6 heteroatoms. The first-order valence-corrected chi connectivity index (χ1v) is 11.6. The van der Waals surface area contributed by atoms with Gasteiger partial charge in [-0.05, 0) is 49.9 Å². The number of carbonyl (C=O) groups is 1. The van der Waals surface area contributed by atoms with E-state index in [2.05, 4.69) is 13.0 Å². The van der Waals surface area contributed by atoms with Crippen LogP contribution < -0.4 is 19.8 Å². The molecule has 0 amide bonds. The van der Waals surface area contributed by atoms with E-state index in [-0.39, 0.29) is 23.7 Å². The normalized spacial score (nSPS) is 11.4. The van der Waals surface area contributed by atoms with E-state index in [1.807, 2.05) is 25.2 Å². The maximum atomic E-state index is 12.9. The van der Waals surface area contributed by atoms with E-state index in [4.69, 9.17) is 18.6 Å². The molecule has 2 aromatic carbocycles. The molecular formula is C28H30O6. The van der Waals surface area contributed by atoms with Crippen LogP contribution in [0.2, 0.25) is 0 Å². The highest BCUT2D eigenvalue weighted by Gasteiger charge is 2.24. The molecule has 0 N–H and O–H groups in total. The van der Waals surface area contributed by atoms with E-state index in [1.54, 1.807) is 48.5 Å². The summed E-state index contributed by atoms with van der Waals surface area (Å²) in [7, 11) is 0. The SMILES string of the molecule is CCC=CCCOc1c(OC(=O)c2ccccc2)c2c(OCCC=CCC)cccc2oc1=O. The van der Waals surface area contributed by atoms with E-state index in [9.17, 15) is 9.59 Å². The molecule has 0 saturated carbocycles. The quantitative estimate of drug-likeness (QED) is 0.133. The van der Waals surface area contributed by atoms with Gasteiger partial charge in [-0.2, -0.15) is 0 Å². The maximum absolute atomic E-state index is 12.9. The van der Waals surface area contributed by atoms with Gasteiger partial charge in [0, 0.05) is 0 Å². The van der Waals surface area contributed by atoms with E-state index in [0.29, 0.717) is 36.1 Å². The third-order valence-corrected chi connectivity index (χ3v) is 4.89. The number of benzene rings is 2. The molecule has 3 rings (SSSR count). The molecular weight excluding hydrogens is 432 g/mol. The summed E-state index contributed by atoms with van der Waals surface area (Å²) in [5.74, 6) is -0.315. The molecule has 1 aromatic heterocycles. The highest BCUT2D eigenvalue weighted by atomic mass is 16.6. The Balaban J connectivity index is 2.02. The average molecular weight is 463 g/mol. The van der Waals surface area contributed by atoms with Crippen molar-refractivity contribution < 1.29 is 23.4 Å². The number of hydrogen-bond donors (Lipinski definition) is 0. The Morgan fingerprint density at radius 3 is 2.18 bits per heavy atom. The van der Waals surface area contributed by atoms with Crippen LogP contribution in [-0.4, -0.2) is 19.2 Å². The van der Waals surface area contributed by atoms with Crippen molar-refractivity contribution in [3.05, 3.63) is 88.8 Å². The molecule has 1 heterocycles. The number of allylic oxidation sites excluding steroid dienone is 2. The molecule has 0 atom stereocenters. The Morgan fingerprint density at radius 2 is 1.50 bits per heavy atom. The van der Waals surface area contributed by atoms with Gasteiger partial charge in [0.1, 0.15) is 16.7 Å². The first-order valence-electron chi connectivity index (χ1n) is 11.6. The minimum absolute atomic E-state index is 0.000672. The Morgan fingerprint density at radius 1 is 0.824 bits per heavy atom. The fourth-order valence-corrected chi connectivity index (χ4v) is 3.28. The van der Waals surface area contributed by atoms with Crippen molar-refractivity contribution >= 4 is 16.9 Å². The van der Waals surface area contributed by atoms with Gasteiger partial charge in [-0.1, -0.05) is 62.4 Å². The van der Waals surface area contributed by atoms with Crippen molar-refractivity contribution in [3.63, 3.8) is 0 Å². The first-order chi connectivity index (χ1) is 16.7. The first kappa shape index (κ1) is 24.8. The second kappa shape index (κ2) is 13.0. The largest absolute Gasteiger partial charge is 0.492 e. The Bertz CT molecular complexity index is 1190. The van der Waals surface area contributed by atoms with Crippen molar-refractivity contribution in [2.75, 3.05) is 13.2 Å². The molecule has 34 heavy (non-hydrogen) atoms. The van der Waals surface area contributed by atoms with Gasteiger partial charge >= 0.3 is 11.6 Å². The Kier molecular flexibility index (Phi) is 9.52. The summed E-state index contributed by atoms with van der Waals surface area (Å²) in [5.41, 5.74) is -0.115. The van der Waals surface area contributed by atoms with Crippen molar-refractivity contribution in [2.24, 2.45) is 0 Å². The van der Waals surface area contributed by atoms with Gasteiger partial charge in [-0.3, -0.25) is 0 Å². The predicted octanol–water partition coefficient (Wildman–Crippen LogP) is 6.48. The summed E-state index contributed by atoms with van der Waals surface area (Å²) in [6.45, 7) is 4.75. The van der Waals surface area contributed by atoms with Crippen LogP contribution in [0.4, 0.5) is 0 Å². The number of esters is 1. The molecule has 0 unspecified atom stereocenters. The van der Waals surface area contributed by atoms with Crippen molar-refractivity contribution in [1.29, 1.82) is 0 Å². The van der Waals surface area contributed by atoms with E-state index < -0.39 is 11.6 Å². The van der Waals surface area contributed by atoms with Crippen LogP contribution in [0.5, 0.6) is 17.2 Å². The number of carbonyl (C=O) groups excluding carboxylic acids is 1. The molecule has 0 aliphatic carbocycles. The number of ether oxygens (including phenoxy) is 3. The lowest BCUT2D eigenvalue weighted by molar-refractivity contribution is 0.0729. The molecule has 178 valence electrons. The van der Waals surface area contributed by atoms with Crippen LogP contribution in [0, 0.1) is 0 Å². The van der Waals surface area contributed by atoms with E-state index >= 15 is 0 Å². The van der Waals surface area contributed by atoms with Crippen molar-refractivity contribution in [1.82, 2.24) is 0 Å². The summed E-state index contributed by atoms with van der Waals surface area (Å²) in [5, 5.41) is 0.380. The molecule has 6 nitrogen and oxygen atoms in total. The van der Waals surface area contributed by atoms with Gasteiger partial charge in [-0.15, -0.1) is 0 Å². The van der Waals surface area contributed by atoms with E-state index in [0.717, 1.165) is 12.8 Å². The Labute approximate surface area is 199 Å². The second-order valence-corrected chi connectivity index (χ2v) is 7.47. The number of fused-ring (bicyclic) bond motifs is 1. The standard InChI is InChI=1S/C28H30O6/c1-3-5-7-12-19-31-22-17-14-18-23-24(22)25(34-27(29)21-15-10-9-11-16-21)26(28(30)33-23)32-20-13-8-6-4-2/h5-11,14-18H,3-4,12-13,19-20H2,1-2H3. The summed E-state index contributed by atoms with van der Waals surface area (Å²) in [6.07, 6.45) is 11.3. The van der Waals surface area contributed by atoms with Gasteiger partial charge in [0.05, 0.1) is 18.8 Å². The zero-order valence-corrected chi connectivity index (χ0v) is 19.6. The zero-order valence-electron chi connectivity index (χ0n) is 19.6. The molecule has 0 spiro atoms. The van der Waals surface area contributed by atoms with Gasteiger partial charge in [0.2, 0.25) is 5.75 Å². The van der Waals surface area contributed by atoms with Crippen LogP contribution in [0.1, 0.15) is 49.9 Å². The van der Waals surface area contributed by atoms with Gasteiger partial charge in [-0.25, -0.2) is 9.59 Å². The lowest BCUT2D eigenvalue weighted by Gasteiger charge is -2.15. The average Bonchev–Trinajstić information content (AvgIpc) is 2.85. The summed E-state index contributed by atoms with van der Waals surface area (Å²) < 4.78 is 23.0. The second-order valence-electron chi connectivity index (χ2n) is 7.47. The fourth-order valence-electron chi connectivity index (χ4n) is 3.28. The highest BCUT2D eigenvalue weighted by molar-refractivity contribution is 5.97. The lowest BCUT2D eigenvalue weighted by atomic mass is 10.2. The summed E-state index contributed by atoms with van der Waals surface area (Å²) in [6, 6.07) is 13.7. The molecule has 0 aliphatic heterocycles. The van der Waals surface area contributed by atoms with E-state index in [1.165, 1.54) is 0 Å². The van der Waals surface area contributed by atoms with Crippen molar-refractivity contribution in [2.45, 2.75) is 39.5 Å². The smallest absolute Gasteiger partial charge is 0.383 e. The molecule has 0 saturated heterocycles. The van der Waals surface area contributed by atoms with Crippen LogP contribution in [0.25, 0.3) is 11.0 Å². The minimum atomic E-state index is -0.717. The fraction of sp³-hybridized carbons (Fsp3) is 0.286. The van der Waals surface area contributed by atoms with Gasteiger partial charge in [0.15, 0.2) is 5.75 Å². The Hall–Kier alpha value is -3.80. The van der Waals surface area contributed by atoms with Crippen molar-refractivity contribution in [3.8, 4) is 17.2 Å². The molecule has 0 aliphatic rings. The lowest BCUT2D eigenvalue weighted by Crippen LogP contribution is -2.15. The van der Waals surface area contributed by atoms with Crippen LogP contribution in [-0.2, 0) is 0 Å². The minimum Gasteiger partial charge on any atom is -0.492 e. The summed E-state index contributed by atoms with van der Waals surface area (Å²) in [4.78, 5) is 25.7. The number of rotatable bonds is 12. The highest BCUT2D eigenvalue weighted by Crippen LogP contribution is 2.39. The monoisotopic (exact) mass is 462 g/mol. The van der Waals surface area contributed by atoms with Crippen LogP contribution in [0.15, 0.2) is 82.0 Å². The molecule has 3 aromatic rings. The maximum Gasteiger partial charge on any atom is 0.383 e. The van der Waals surface area contributed by atoms with Crippen LogP contribution >= 0.6 is 0 Å². The van der Waals surface area contributed by atoms with Crippen LogP contribution in [0.3, 0.4) is 0 Å². The molecule has 0 fully saturated rings. The van der Waals surface area contributed by atoms with Gasteiger partial charge in [0.25, 0.3) is 0 Å². The topological polar surface area (TPSA) is 75.0 Å². The third kappa shape index (κ3) is 6.61. The summed E-state index contributed by atoms with van der Waals surface area (Å²) >= 11 is 0. The number of hydrogen-bond acceptors (Lipinski definition) is 6. The predicted molar refractivity (Wildman–Crippen MR) is 133 cm³/mol.